The van der Waals surface area contributed by atoms with Crippen LogP contribution in [-0.4, -0.2) is 25.2 Å². The highest BCUT2D eigenvalue weighted by Gasteiger charge is 2.19. The number of imidazole rings is 1. The number of aromatic nitrogens is 4. The molecule has 0 radical (unpaired) electrons. The highest BCUT2D eigenvalue weighted by atomic mass is 35.5. The van der Waals surface area contributed by atoms with Crippen LogP contribution < -0.4 is 0 Å². The molecule has 0 unspecified atom stereocenters. The fraction of sp³-hybridized carbons (Fsp3) is 0.733. The number of halogens is 1. The topological polar surface area (TPSA) is 35.6 Å². The van der Waals surface area contributed by atoms with Crippen LogP contribution in [0.5, 0.6) is 0 Å². The molecule has 0 N–H and O–H groups in total. The van der Waals surface area contributed by atoms with E-state index in [1.54, 1.807) is 0 Å². The maximum Gasteiger partial charge on any atom is 0.158 e. The van der Waals surface area contributed by atoms with Crippen LogP contribution in [0.2, 0.25) is 0 Å². The minimum absolute atomic E-state index is 0.307. The summed E-state index contributed by atoms with van der Waals surface area (Å²) < 4.78 is 4.26. The van der Waals surface area contributed by atoms with Crippen molar-refractivity contribution in [1.29, 1.82) is 0 Å². The lowest BCUT2D eigenvalue weighted by Crippen LogP contribution is -2.14. The molecule has 0 fully saturated rings. The number of fused-ring (bicyclic) bond motifs is 1. The number of rotatable bonds is 5. The highest BCUT2D eigenvalue weighted by molar-refractivity contribution is 6.17. The van der Waals surface area contributed by atoms with Crippen LogP contribution >= 0.6 is 11.6 Å². The Kier molecular flexibility index (Phi) is 4.43. The first-order chi connectivity index (χ1) is 9.37. The zero-order chi connectivity index (χ0) is 14.9. The van der Waals surface area contributed by atoms with Crippen LogP contribution in [0.15, 0.2) is 0 Å². The van der Waals surface area contributed by atoms with Gasteiger partial charge in [0.15, 0.2) is 5.65 Å². The molecule has 0 aliphatic rings. The minimum atomic E-state index is 0.307. The van der Waals surface area contributed by atoms with Crippen molar-refractivity contribution in [3.8, 4) is 0 Å². The van der Waals surface area contributed by atoms with Gasteiger partial charge in [-0.1, -0.05) is 27.7 Å². The van der Waals surface area contributed by atoms with E-state index < -0.39 is 0 Å². The summed E-state index contributed by atoms with van der Waals surface area (Å²) in [6.45, 7) is 9.89. The predicted molar refractivity (Wildman–Crippen MR) is 84.4 cm³/mol. The van der Waals surface area contributed by atoms with E-state index in [1.807, 2.05) is 11.7 Å². The summed E-state index contributed by atoms with van der Waals surface area (Å²) in [6, 6.07) is 0. The normalized spacial score (nSPS) is 12.5. The van der Waals surface area contributed by atoms with Crippen LogP contribution in [0, 0.1) is 5.41 Å². The van der Waals surface area contributed by atoms with E-state index in [0.29, 0.717) is 11.3 Å². The van der Waals surface area contributed by atoms with Gasteiger partial charge in [0, 0.05) is 25.9 Å². The molecule has 2 heterocycles. The first kappa shape index (κ1) is 15.4. The van der Waals surface area contributed by atoms with Crippen molar-refractivity contribution >= 4 is 22.8 Å². The Bertz CT molecular complexity index is 589. The molecule has 2 aromatic rings. The summed E-state index contributed by atoms with van der Waals surface area (Å²) >= 11 is 5.93. The lowest BCUT2D eigenvalue weighted by atomic mass is 9.92. The van der Waals surface area contributed by atoms with Gasteiger partial charge in [0.1, 0.15) is 11.3 Å². The highest BCUT2D eigenvalue weighted by Crippen LogP contribution is 2.25. The number of nitrogens with zero attached hydrogens (tertiary/aromatic N) is 4. The minimum Gasteiger partial charge on any atom is -0.313 e. The first-order valence-electron chi connectivity index (χ1n) is 7.34. The van der Waals surface area contributed by atoms with Gasteiger partial charge >= 0.3 is 0 Å². The zero-order valence-corrected chi connectivity index (χ0v) is 14.0. The molecule has 0 atom stereocenters. The molecule has 0 bridgehead atoms. The molecule has 20 heavy (non-hydrogen) atoms. The maximum absolute atomic E-state index is 5.93. The number of hydrogen-bond acceptors (Lipinski definition) is 2. The molecule has 112 valence electrons. The molecule has 2 rings (SSSR count). The third-order valence-corrected chi connectivity index (χ3v) is 3.80. The Morgan fingerprint density at radius 1 is 1.25 bits per heavy atom. The summed E-state index contributed by atoms with van der Waals surface area (Å²) in [7, 11) is 2.00. The summed E-state index contributed by atoms with van der Waals surface area (Å²) in [5.74, 6) is 1.69. The van der Waals surface area contributed by atoms with Gasteiger partial charge in [0.05, 0.1) is 5.69 Å². The van der Waals surface area contributed by atoms with E-state index >= 15 is 0 Å². The summed E-state index contributed by atoms with van der Waals surface area (Å²) in [5, 5.41) is 4.57. The first-order valence-corrected chi connectivity index (χ1v) is 7.87. The van der Waals surface area contributed by atoms with Crippen molar-refractivity contribution in [3.05, 3.63) is 11.5 Å². The molecular weight excluding hydrogens is 272 g/mol. The Labute approximate surface area is 126 Å². The molecular formula is C15H25ClN4. The SMILES string of the molecule is CCc1nn(C)c2c1nc(CCCl)n2CCC(C)(C)C. The molecule has 0 aromatic carbocycles. The van der Waals surface area contributed by atoms with Gasteiger partial charge < -0.3 is 4.57 Å². The molecule has 4 nitrogen and oxygen atoms in total. The maximum atomic E-state index is 5.93. The Morgan fingerprint density at radius 3 is 2.50 bits per heavy atom. The van der Waals surface area contributed by atoms with Crippen LogP contribution in [0.4, 0.5) is 0 Å². The van der Waals surface area contributed by atoms with Gasteiger partial charge in [-0.3, -0.25) is 4.68 Å². The van der Waals surface area contributed by atoms with E-state index in [1.165, 1.54) is 0 Å². The Balaban J connectivity index is 2.47. The number of aryl methyl sites for hydroxylation is 4. The lowest BCUT2D eigenvalue weighted by molar-refractivity contribution is 0.349. The van der Waals surface area contributed by atoms with Crippen LogP contribution in [0.1, 0.15) is 45.6 Å². The summed E-state index contributed by atoms with van der Waals surface area (Å²) in [6.07, 6.45) is 2.83. The predicted octanol–water partition coefficient (Wildman–Crippen LogP) is 3.55. The molecule has 5 heteroatoms. The molecule has 0 aliphatic carbocycles. The lowest BCUT2D eigenvalue weighted by Gasteiger charge is -2.19. The van der Waals surface area contributed by atoms with Crippen LogP contribution in [0.3, 0.4) is 0 Å². The average molecular weight is 297 g/mol. The van der Waals surface area contributed by atoms with Gasteiger partial charge in [0.2, 0.25) is 0 Å². The van der Waals surface area contributed by atoms with Crippen LogP contribution in [0.25, 0.3) is 11.2 Å². The van der Waals surface area contributed by atoms with Gasteiger partial charge in [0.25, 0.3) is 0 Å². The average Bonchev–Trinajstić information content (AvgIpc) is 2.85. The molecule has 0 amide bonds. The number of alkyl halides is 1. The largest absolute Gasteiger partial charge is 0.313 e. The Morgan fingerprint density at radius 2 is 1.95 bits per heavy atom. The van der Waals surface area contributed by atoms with E-state index in [0.717, 1.165) is 48.5 Å². The molecule has 0 saturated heterocycles. The third-order valence-electron chi connectivity index (χ3n) is 3.61. The standard InChI is InChI=1S/C15H25ClN4/c1-6-11-13-14(19(5)18-11)20(10-8-15(2,3)4)12(17-13)7-9-16/h6-10H2,1-5H3. The summed E-state index contributed by atoms with van der Waals surface area (Å²) in [4.78, 5) is 4.79. The fourth-order valence-electron chi connectivity index (χ4n) is 2.48. The second-order valence-electron chi connectivity index (χ2n) is 6.53. The van der Waals surface area contributed by atoms with Gasteiger partial charge in [-0.25, -0.2) is 4.98 Å². The van der Waals surface area contributed by atoms with Crippen molar-refractivity contribution in [2.24, 2.45) is 12.5 Å². The van der Waals surface area contributed by atoms with Crippen molar-refractivity contribution in [3.63, 3.8) is 0 Å². The zero-order valence-electron chi connectivity index (χ0n) is 13.2. The monoisotopic (exact) mass is 296 g/mol. The van der Waals surface area contributed by atoms with E-state index in [-0.39, 0.29) is 0 Å². The second-order valence-corrected chi connectivity index (χ2v) is 6.90. The smallest absolute Gasteiger partial charge is 0.158 e. The molecule has 0 spiro atoms. The van der Waals surface area contributed by atoms with Crippen molar-refractivity contribution < 1.29 is 0 Å². The van der Waals surface area contributed by atoms with Crippen molar-refractivity contribution in [2.45, 2.75) is 53.5 Å². The van der Waals surface area contributed by atoms with Crippen molar-refractivity contribution in [1.82, 2.24) is 19.3 Å². The fourth-order valence-corrected chi connectivity index (χ4v) is 2.65. The summed E-state index contributed by atoms with van der Waals surface area (Å²) in [5.41, 5.74) is 3.56. The quantitative estimate of drug-likeness (QED) is 0.791. The molecule has 0 saturated carbocycles. The van der Waals surface area contributed by atoms with Gasteiger partial charge in [-0.2, -0.15) is 5.10 Å². The third kappa shape index (κ3) is 3.00. The van der Waals surface area contributed by atoms with E-state index in [9.17, 15) is 0 Å². The van der Waals surface area contributed by atoms with Crippen LogP contribution in [-0.2, 0) is 26.4 Å². The van der Waals surface area contributed by atoms with E-state index in [2.05, 4.69) is 37.4 Å². The molecule has 2 aromatic heterocycles. The van der Waals surface area contributed by atoms with E-state index in [4.69, 9.17) is 16.6 Å². The number of hydrogen-bond donors (Lipinski definition) is 0. The molecule has 0 aliphatic heterocycles. The van der Waals surface area contributed by atoms with Crippen molar-refractivity contribution in [2.75, 3.05) is 5.88 Å². The second kappa shape index (κ2) is 5.76. The van der Waals surface area contributed by atoms with Gasteiger partial charge in [-0.05, 0) is 18.3 Å². The Hall–Kier alpha value is -1.03. The van der Waals surface area contributed by atoms with Gasteiger partial charge in [-0.15, -0.1) is 11.6 Å².